The summed E-state index contributed by atoms with van der Waals surface area (Å²) < 4.78 is 39.9. The molecule has 0 bridgehead atoms. The second-order valence-electron chi connectivity index (χ2n) is 4.45. The molecule has 3 aromatic rings. The highest BCUT2D eigenvalue weighted by Gasteiger charge is 2.23. The molecule has 0 amide bonds. The maximum atomic E-state index is 13.8. The van der Waals surface area contributed by atoms with Crippen LogP contribution in [-0.2, 0) is 10.0 Å². The number of halogens is 1. The zero-order valence-corrected chi connectivity index (χ0v) is 11.5. The van der Waals surface area contributed by atoms with Crippen molar-refractivity contribution in [1.82, 2.24) is 3.97 Å². The molecule has 0 unspecified atom stereocenters. The first-order chi connectivity index (χ1) is 10.1. The Morgan fingerprint density at radius 2 is 1.67 bits per heavy atom. The summed E-state index contributed by atoms with van der Waals surface area (Å²) in [5.74, 6) is -0.831. The van der Waals surface area contributed by atoms with Crippen LogP contribution in [0.25, 0.3) is 10.9 Å². The van der Waals surface area contributed by atoms with Crippen LogP contribution in [0.5, 0.6) is 0 Å². The van der Waals surface area contributed by atoms with Crippen molar-refractivity contribution in [2.24, 2.45) is 0 Å². The Morgan fingerprint density at radius 3 is 2.38 bits per heavy atom. The zero-order valence-electron chi connectivity index (χ0n) is 10.7. The largest absolute Gasteiger partial charge is 0.298 e. The van der Waals surface area contributed by atoms with E-state index in [1.54, 1.807) is 24.3 Å². The lowest BCUT2D eigenvalue weighted by atomic mass is 10.2. The third-order valence-electron chi connectivity index (χ3n) is 3.21. The van der Waals surface area contributed by atoms with Gasteiger partial charge < -0.3 is 0 Å². The molecule has 1 aromatic heterocycles. The van der Waals surface area contributed by atoms with Gasteiger partial charge in [0.05, 0.1) is 5.52 Å². The quantitative estimate of drug-likeness (QED) is 0.699. The van der Waals surface area contributed by atoms with E-state index in [-0.39, 0.29) is 5.56 Å². The van der Waals surface area contributed by atoms with Crippen molar-refractivity contribution in [3.63, 3.8) is 0 Å². The van der Waals surface area contributed by atoms with Gasteiger partial charge in [-0.25, -0.2) is 16.8 Å². The van der Waals surface area contributed by atoms with Crippen molar-refractivity contribution in [2.75, 3.05) is 0 Å². The van der Waals surface area contributed by atoms with E-state index in [1.165, 1.54) is 24.4 Å². The van der Waals surface area contributed by atoms with E-state index >= 15 is 0 Å². The number of carbonyl (C=O) groups is 1. The van der Waals surface area contributed by atoms with Crippen molar-refractivity contribution in [3.05, 3.63) is 66.1 Å². The monoisotopic (exact) mass is 303 g/mol. The van der Waals surface area contributed by atoms with E-state index in [9.17, 15) is 17.6 Å². The molecule has 0 saturated heterocycles. The highest BCUT2D eigenvalue weighted by Crippen LogP contribution is 2.26. The van der Waals surface area contributed by atoms with Crippen LogP contribution in [0.2, 0.25) is 0 Å². The van der Waals surface area contributed by atoms with Crippen LogP contribution in [0.1, 0.15) is 10.4 Å². The number of hydrogen-bond donors (Lipinski definition) is 0. The molecule has 0 fully saturated rings. The van der Waals surface area contributed by atoms with Gasteiger partial charge >= 0.3 is 0 Å². The van der Waals surface area contributed by atoms with Gasteiger partial charge in [-0.1, -0.05) is 30.3 Å². The van der Waals surface area contributed by atoms with Gasteiger partial charge in [0.25, 0.3) is 10.0 Å². The van der Waals surface area contributed by atoms with Gasteiger partial charge in [0.15, 0.2) is 6.29 Å². The fourth-order valence-corrected chi connectivity index (χ4v) is 3.68. The van der Waals surface area contributed by atoms with Crippen LogP contribution in [-0.4, -0.2) is 18.7 Å². The maximum absolute atomic E-state index is 13.8. The topological polar surface area (TPSA) is 56.1 Å². The van der Waals surface area contributed by atoms with Gasteiger partial charge in [-0.05, 0) is 18.2 Å². The lowest BCUT2D eigenvalue weighted by Crippen LogP contribution is -2.13. The molecule has 0 aliphatic carbocycles. The Labute approximate surface area is 120 Å². The number of aldehydes is 1. The summed E-state index contributed by atoms with van der Waals surface area (Å²) in [6, 6.07) is 11.7. The summed E-state index contributed by atoms with van der Waals surface area (Å²) in [4.78, 5) is 10.7. The first-order valence-corrected chi connectivity index (χ1v) is 7.55. The fraction of sp³-hybridized carbons (Fsp3) is 0. The number of carbonyl (C=O) groups excluding carboxylic acids is 1. The van der Waals surface area contributed by atoms with E-state index in [0.29, 0.717) is 17.2 Å². The average molecular weight is 303 g/mol. The smallest absolute Gasteiger partial charge is 0.271 e. The Balaban J connectivity index is 2.35. The minimum atomic E-state index is -4.10. The molecule has 0 spiro atoms. The Bertz CT molecular complexity index is 944. The molecule has 0 radical (unpaired) electrons. The minimum Gasteiger partial charge on any atom is -0.298 e. The van der Waals surface area contributed by atoms with Crippen LogP contribution in [0, 0.1) is 5.82 Å². The Morgan fingerprint density at radius 1 is 1.00 bits per heavy atom. The van der Waals surface area contributed by atoms with Gasteiger partial charge in [0.2, 0.25) is 0 Å². The summed E-state index contributed by atoms with van der Waals surface area (Å²) in [6.07, 6.45) is 1.79. The predicted molar refractivity (Wildman–Crippen MR) is 76.3 cm³/mol. The van der Waals surface area contributed by atoms with Gasteiger partial charge in [-0.2, -0.15) is 0 Å². The summed E-state index contributed by atoms with van der Waals surface area (Å²) in [5, 5.41) is 0.507. The van der Waals surface area contributed by atoms with E-state index in [2.05, 4.69) is 0 Å². The first kappa shape index (κ1) is 13.5. The van der Waals surface area contributed by atoms with Crippen LogP contribution >= 0.6 is 0 Å². The molecule has 106 valence electrons. The van der Waals surface area contributed by atoms with Crippen LogP contribution in [0.3, 0.4) is 0 Å². The molecular formula is C15H10FNO3S. The van der Waals surface area contributed by atoms with Crippen molar-refractivity contribution in [1.29, 1.82) is 0 Å². The van der Waals surface area contributed by atoms with Gasteiger partial charge in [0.1, 0.15) is 10.7 Å². The first-order valence-electron chi connectivity index (χ1n) is 6.11. The molecular weight excluding hydrogens is 293 g/mol. The Kier molecular flexibility index (Phi) is 3.10. The molecule has 0 saturated carbocycles. The third-order valence-corrected chi connectivity index (χ3v) is 4.92. The van der Waals surface area contributed by atoms with Gasteiger partial charge in [-0.15, -0.1) is 0 Å². The van der Waals surface area contributed by atoms with Crippen molar-refractivity contribution >= 4 is 27.2 Å². The Hall–Kier alpha value is -2.47. The summed E-state index contributed by atoms with van der Waals surface area (Å²) in [6.45, 7) is 0. The van der Waals surface area contributed by atoms with Crippen LogP contribution < -0.4 is 0 Å². The number of nitrogens with zero attached hydrogens (tertiary/aromatic N) is 1. The number of rotatable bonds is 3. The number of benzene rings is 2. The molecule has 0 N–H and O–H groups in total. The summed E-state index contributed by atoms with van der Waals surface area (Å²) in [7, 11) is -4.10. The molecule has 0 aliphatic rings. The molecule has 0 aliphatic heterocycles. The molecule has 6 heteroatoms. The fourth-order valence-electron chi connectivity index (χ4n) is 2.23. The molecule has 3 rings (SSSR count). The maximum Gasteiger partial charge on any atom is 0.271 e. The highest BCUT2D eigenvalue weighted by molar-refractivity contribution is 7.90. The zero-order chi connectivity index (χ0) is 15.0. The normalized spacial score (nSPS) is 11.7. The van der Waals surface area contributed by atoms with Crippen LogP contribution in [0.4, 0.5) is 4.39 Å². The number of hydrogen-bond acceptors (Lipinski definition) is 3. The lowest BCUT2D eigenvalue weighted by molar-refractivity contribution is 0.112. The number of para-hydroxylation sites is 1. The molecule has 4 nitrogen and oxygen atoms in total. The van der Waals surface area contributed by atoms with E-state index in [1.807, 2.05) is 0 Å². The lowest BCUT2D eigenvalue weighted by Gasteiger charge is -2.08. The summed E-state index contributed by atoms with van der Waals surface area (Å²) in [5.41, 5.74) is 0.577. The average Bonchev–Trinajstić information content (AvgIpc) is 2.87. The minimum absolute atomic E-state index is 0.241. The highest BCUT2D eigenvalue weighted by atomic mass is 32.2. The molecule has 2 aromatic carbocycles. The molecule has 1 heterocycles. The second kappa shape index (κ2) is 4.82. The van der Waals surface area contributed by atoms with Gasteiger partial charge in [0, 0.05) is 17.1 Å². The molecule has 21 heavy (non-hydrogen) atoms. The van der Waals surface area contributed by atoms with Crippen molar-refractivity contribution in [3.8, 4) is 0 Å². The van der Waals surface area contributed by atoms with E-state index in [4.69, 9.17) is 0 Å². The number of fused-ring (bicyclic) bond motifs is 1. The standard InChI is InChI=1S/C15H10FNO3S/c16-13-6-2-4-8-15(13)21(19,20)17-9-11(10-18)12-5-1-3-7-14(12)17/h1-10H. The van der Waals surface area contributed by atoms with Crippen molar-refractivity contribution < 1.29 is 17.6 Å². The van der Waals surface area contributed by atoms with E-state index in [0.717, 1.165) is 10.0 Å². The van der Waals surface area contributed by atoms with E-state index < -0.39 is 20.7 Å². The number of aromatic nitrogens is 1. The van der Waals surface area contributed by atoms with Gasteiger partial charge in [-0.3, -0.25) is 4.79 Å². The molecule has 0 atom stereocenters. The third kappa shape index (κ3) is 2.04. The predicted octanol–water partition coefficient (Wildman–Crippen LogP) is 2.83. The van der Waals surface area contributed by atoms with Crippen molar-refractivity contribution in [2.45, 2.75) is 4.90 Å². The van der Waals surface area contributed by atoms with Crippen LogP contribution in [0.15, 0.2) is 59.6 Å². The second-order valence-corrected chi connectivity index (χ2v) is 6.23. The summed E-state index contributed by atoms with van der Waals surface area (Å²) >= 11 is 0. The SMILES string of the molecule is O=Cc1cn(S(=O)(=O)c2ccccc2F)c2ccccc12.